The molecule has 1 aromatic heterocycles. The molecule has 20 heavy (non-hydrogen) atoms. The molecule has 0 bridgehead atoms. The summed E-state index contributed by atoms with van der Waals surface area (Å²) >= 11 is 0. The lowest BCUT2D eigenvalue weighted by molar-refractivity contribution is -0.137. The molecule has 0 spiro atoms. The standard InChI is InChI=1S/C11H13F3N4O.ClH/c12-11(13,14)7-5-8(9(15)19)10(17-6-7)18-3-1-16-2-4-18;/h5-6,16H,1-4H2,(H2,15,19);1H. The first kappa shape index (κ1) is 16.5. The van der Waals surface area contributed by atoms with Crippen LogP contribution in [0.2, 0.25) is 0 Å². The first-order chi connectivity index (χ1) is 8.89. The summed E-state index contributed by atoms with van der Waals surface area (Å²) in [6, 6.07) is 0.757. The summed E-state index contributed by atoms with van der Waals surface area (Å²) in [5, 5.41) is 3.10. The highest BCUT2D eigenvalue weighted by Gasteiger charge is 2.33. The summed E-state index contributed by atoms with van der Waals surface area (Å²) in [6.07, 6.45) is -3.82. The molecule has 1 aliphatic heterocycles. The Bertz CT molecular complexity index is 489. The van der Waals surface area contributed by atoms with Crippen LogP contribution < -0.4 is 16.0 Å². The highest BCUT2D eigenvalue weighted by molar-refractivity contribution is 5.98. The van der Waals surface area contributed by atoms with E-state index in [1.165, 1.54) is 0 Å². The number of rotatable bonds is 2. The van der Waals surface area contributed by atoms with Crippen molar-refractivity contribution in [3.8, 4) is 0 Å². The van der Waals surface area contributed by atoms with E-state index >= 15 is 0 Å². The second kappa shape index (κ2) is 6.27. The largest absolute Gasteiger partial charge is 0.417 e. The smallest absolute Gasteiger partial charge is 0.365 e. The molecule has 5 nitrogen and oxygen atoms in total. The highest BCUT2D eigenvalue weighted by atomic mass is 35.5. The number of primary amides is 1. The van der Waals surface area contributed by atoms with Gasteiger partial charge in [0.1, 0.15) is 5.82 Å². The van der Waals surface area contributed by atoms with Crippen molar-refractivity contribution < 1.29 is 18.0 Å². The molecule has 3 N–H and O–H groups in total. The van der Waals surface area contributed by atoms with Gasteiger partial charge in [-0.15, -0.1) is 12.4 Å². The molecule has 1 saturated heterocycles. The second-order valence-corrected chi connectivity index (χ2v) is 4.19. The SMILES string of the molecule is Cl.NC(=O)c1cc(C(F)(F)F)cnc1N1CCNCC1. The Balaban J connectivity index is 0.00000200. The normalized spacial score (nSPS) is 15.7. The van der Waals surface area contributed by atoms with Gasteiger partial charge in [-0.2, -0.15) is 13.2 Å². The summed E-state index contributed by atoms with van der Waals surface area (Å²) in [6.45, 7) is 2.50. The van der Waals surface area contributed by atoms with Crippen molar-refractivity contribution >= 4 is 24.1 Å². The van der Waals surface area contributed by atoms with E-state index in [2.05, 4.69) is 10.3 Å². The maximum atomic E-state index is 12.6. The summed E-state index contributed by atoms with van der Waals surface area (Å²) in [5.41, 5.74) is 3.98. The van der Waals surface area contributed by atoms with Gasteiger partial charge in [0.2, 0.25) is 0 Å². The number of carbonyl (C=O) groups excluding carboxylic acids is 1. The van der Waals surface area contributed by atoms with E-state index in [9.17, 15) is 18.0 Å². The Morgan fingerprint density at radius 2 is 1.95 bits per heavy atom. The number of nitrogens with zero attached hydrogens (tertiary/aromatic N) is 2. The zero-order valence-corrected chi connectivity index (χ0v) is 11.2. The topological polar surface area (TPSA) is 71.2 Å². The van der Waals surface area contributed by atoms with Crippen molar-refractivity contribution in [3.05, 3.63) is 23.4 Å². The van der Waals surface area contributed by atoms with Crippen LogP contribution in [-0.4, -0.2) is 37.1 Å². The fraction of sp³-hybridized carbons (Fsp3) is 0.455. The van der Waals surface area contributed by atoms with Crippen molar-refractivity contribution in [2.45, 2.75) is 6.18 Å². The molecule has 1 aliphatic rings. The van der Waals surface area contributed by atoms with Gasteiger partial charge < -0.3 is 16.0 Å². The van der Waals surface area contributed by atoms with Crippen LogP contribution in [0.3, 0.4) is 0 Å². The Labute approximate surface area is 119 Å². The molecule has 1 aromatic rings. The molecule has 0 saturated carbocycles. The van der Waals surface area contributed by atoms with Crippen LogP contribution in [-0.2, 0) is 6.18 Å². The van der Waals surface area contributed by atoms with Crippen molar-refractivity contribution in [2.24, 2.45) is 5.73 Å². The number of hydrogen-bond acceptors (Lipinski definition) is 4. The maximum absolute atomic E-state index is 12.6. The van der Waals surface area contributed by atoms with Gasteiger partial charge in [-0.3, -0.25) is 4.79 Å². The van der Waals surface area contributed by atoms with Crippen LogP contribution in [0.4, 0.5) is 19.0 Å². The van der Waals surface area contributed by atoms with E-state index < -0.39 is 17.6 Å². The fourth-order valence-electron chi connectivity index (χ4n) is 1.92. The predicted molar refractivity (Wildman–Crippen MR) is 70.1 cm³/mol. The van der Waals surface area contributed by atoms with E-state index in [-0.39, 0.29) is 23.8 Å². The molecular weight excluding hydrogens is 297 g/mol. The van der Waals surface area contributed by atoms with Crippen LogP contribution in [0.25, 0.3) is 0 Å². The lowest BCUT2D eigenvalue weighted by Crippen LogP contribution is -2.44. The van der Waals surface area contributed by atoms with Crippen molar-refractivity contribution in [3.63, 3.8) is 0 Å². The van der Waals surface area contributed by atoms with E-state index in [1.807, 2.05) is 0 Å². The van der Waals surface area contributed by atoms with Gasteiger partial charge in [0.25, 0.3) is 5.91 Å². The van der Waals surface area contributed by atoms with Crippen molar-refractivity contribution in [1.82, 2.24) is 10.3 Å². The van der Waals surface area contributed by atoms with Gasteiger partial charge in [0.15, 0.2) is 0 Å². The minimum atomic E-state index is -4.54. The molecule has 0 atom stereocenters. The minimum absolute atomic E-state index is 0. The first-order valence-electron chi connectivity index (χ1n) is 5.72. The number of halogens is 4. The summed E-state index contributed by atoms with van der Waals surface area (Å²) in [5.74, 6) is -0.700. The quantitative estimate of drug-likeness (QED) is 0.856. The molecule has 0 aromatic carbocycles. The highest BCUT2D eigenvalue weighted by Crippen LogP contribution is 2.31. The molecule has 1 fully saturated rings. The average molecular weight is 311 g/mol. The number of nitrogens with two attached hydrogens (primary N) is 1. The third-order valence-electron chi connectivity index (χ3n) is 2.88. The Morgan fingerprint density at radius 1 is 1.35 bits per heavy atom. The predicted octanol–water partition coefficient (Wildman–Crippen LogP) is 1.03. The molecule has 1 amide bonds. The van der Waals surface area contributed by atoms with Gasteiger partial charge in [-0.1, -0.05) is 0 Å². The number of carbonyl (C=O) groups is 1. The van der Waals surface area contributed by atoms with E-state index in [0.29, 0.717) is 26.2 Å². The lowest BCUT2D eigenvalue weighted by Gasteiger charge is -2.29. The van der Waals surface area contributed by atoms with Gasteiger partial charge in [-0.25, -0.2) is 4.98 Å². The van der Waals surface area contributed by atoms with Gasteiger partial charge in [0, 0.05) is 32.4 Å². The molecule has 112 valence electrons. The second-order valence-electron chi connectivity index (χ2n) is 4.19. The van der Waals surface area contributed by atoms with Gasteiger partial charge in [-0.05, 0) is 6.07 Å². The fourth-order valence-corrected chi connectivity index (χ4v) is 1.92. The Morgan fingerprint density at radius 3 is 2.45 bits per heavy atom. The number of alkyl halides is 3. The number of pyridine rings is 1. The maximum Gasteiger partial charge on any atom is 0.417 e. The van der Waals surface area contributed by atoms with Crippen LogP contribution in [0, 0.1) is 0 Å². The van der Waals surface area contributed by atoms with Gasteiger partial charge >= 0.3 is 6.18 Å². The van der Waals surface area contributed by atoms with Gasteiger partial charge in [0.05, 0.1) is 11.1 Å². The van der Waals surface area contributed by atoms with Crippen molar-refractivity contribution in [1.29, 1.82) is 0 Å². The summed E-state index contributed by atoms with van der Waals surface area (Å²) in [4.78, 5) is 16.8. The van der Waals surface area contributed by atoms with Crippen LogP contribution in [0.15, 0.2) is 12.3 Å². The number of amides is 1. The zero-order chi connectivity index (χ0) is 14.0. The van der Waals surface area contributed by atoms with Crippen LogP contribution in [0.5, 0.6) is 0 Å². The number of piperazine rings is 1. The summed E-state index contributed by atoms with van der Waals surface area (Å²) in [7, 11) is 0. The monoisotopic (exact) mass is 310 g/mol. The number of nitrogens with one attached hydrogen (secondary N) is 1. The molecule has 9 heteroatoms. The number of aromatic nitrogens is 1. The summed E-state index contributed by atoms with van der Waals surface area (Å²) < 4.78 is 37.8. The average Bonchev–Trinajstić information content (AvgIpc) is 2.38. The Kier molecular flexibility index (Phi) is 5.18. The molecule has 0 radical (unpaired) electrons. The van der Waals surface area contributed by atoms with Crippen LogP contribution >= 0.6 is 12.4 Å². The first-order valence-corrected chi connectivity index (χ1v) is 5.72. The van der Waals surface area contributed by atoms with E-state index in [4.69, 9.17) is 5.73 Å². The molecule has 0 unspecified atom stereocenters. The molecule has 2 heterocycles. The third kappa shape index (κ3) is 3.51. The lowest BCUT2D eigenvalue weighted by atomic mass is 10.1. The zero-order valence-electron chi connectivity index (χ0n) is 10.4. The minimum Gasteiger partial charge on any atom is -0.365 e. The molecule has 0 aliphatic carbocycles. The molecular formula is C11H14ClF3N4O. The van der Waals surface area contributed by atoms with Crippen molar-refractivity contribution in [2.75, 3.05) is 31.1 Å². The Hall–Kier alpha value is -1.54. The van der Waals surface area contributed by atoms with E-state index in [1.54, 1.807) is 4.90 Å². The number of anilines is 1. The molecule has 2 rings (SSSR count). The third-order valence-corrected chi connectivity index (χ3v) is 2.88. The van der Waals surface area contributed by atoms with E-state index in [0.717, 1.165) is 12.3 Å². The number of hydrogen-bond donors (Lipinski definition) is 2. The van der Waals surface area contributed by atoms with Crippen LogP contribution in [0.1, 0.15) is 15.9 Å².